The van der Waals surface area contributed by atoms with Gasteiger partial charge < -0.3 is 19.9 Å². The maximum atomic E-state index is 13.8. The molecule has 3 aromatic carbocycles. The molecule has 1 fully saturated rings. The lowest BCUT2D eigenvalue weighted by atomic mass is 9.87. The van der Waals surface area contributed by atoms with E-state index in [1.807, 2.05) is 0 Å². The largest absolute Gasteiger partial charge is 0.497 e. The molecule has 3 aromatic rings. The molecule has 0 saturated carbocycles. The number of aliphatic hydroxyl groups is 1. The first-order valence-electron chi connectivity index (χ1n) is 14.7. The van der Waals surface area contributed by atoms with Crippen LogP contribution in [0.5, 0.6) is 11.5 Å². The van der Waals surface area contributed by atoms with E-state index in [0.29, 0.717) is 35.4 Å². The molecule has 0 aliphatic carbocycles. The van der Waals surface area contributed by atoms with Gasteiger partial charge >= 0.3 is 18.4 Å². The van der Waals surface area contributed by atoms with Crippen LogP contribution in [0.25, 0.3) is 6.08 Å². The Hall–Kier alpha value is -4.52. The van der Waals surface area contributed by atoms with Gasteiger partial charge in [0, 0.05) is 24.1 Å². The summed E-state index contributed by atoms with van der Waals surface area (Å²) in [6.45, 7) is 3.14. The Morgan fingerprint density at radius 2 is 1.57 bits per heavy atom. The van der Waals surface area contributed by atoms with Crippen LogP contribution in [0.1, 0.15) is 54.5 Å². The fourth-order valence-corrected chi connectivity index (χ4v) is 5.40. The molecular formula is C34H34F6N2O5. The summed E-state index contributed by atoms with van der Waals surface area (Å²) in [6.07, 6.45) is -8.91. The summed E-state index contributed by atoms with van der Waals surface area (Å²) in [7, 11) is 1.51. The molecule has 1 aliphatic heterocycles. The number of ether oxygens (including phenoxy) is 2. The highest BCUT2D eigenvalue weighted by Gasteiger charge is 2.71. The number of carbonyl (C=O) groups is 2. The Kier molecular flexibility index (Phi) is 10.3. The second kappa shape index (κ2) is 13.7. The van der Waals surface area contributed by atoms with Gasteiger partial charge in [-0.3, -0.25) is 9.69 Å². The first-order chi connectivity index (χ1) is 22.1. The number of halogens is 6. The minimum absolute atomic E-state index is 0.00178. The first kappa shape index (κ1) is 35.3. The number of unbranched alkanes of at least 4 members (excludes halogenated alkanes) is 1. The predicted molar refractivity (Wildman–Crippen MR) is 162 cm³/mol. The molecule has 0 spiro atoms. The Morgan fingerprint density at radius 1 is 0.936 bits per heavy atom. The van der Waals surface area contributed by atoms with Crippen molar-refractivity contribution in [1.82, 2.24) is 10.2 Å². The molecule has 1 heterocycles. The van der Waals surface area contributed by atoms with Crippen molar-refractivity contribution in [1.29, 1.82) is 0 Å². The summed E-state index contributed by atoms with van der Waals surface area (Å²) < 4.78 is 94.1. The third-order valence-electron chi connectivity index (χ3n) is 7.98. The average Bonchev–Trinajstić information content (AvgIpc) is 3.24. The van der Waals surface area contributed by atoms with E-state index in [-0.39, 0.29) is 42.9 Å². The van der Waals surface area contributed by atoms with E-state index in [4.69, 9.17) is 9.47 Å². The van der Waals surface area contributed by atoms with Crippen molar-refractivity contribution in [2.45, 2.75) is 56.6 Å². The predicted octanol–water partition coefficient (Wildman–Crippen LogP) is 7.26. The zero-order valence-corrected chi connectivity index (χ0v) is 25.8. The molecule has 3 amide bonds. The van der Waals surface area contributed by atoms with E-state index in [1.165, 1.54) is 26.2 Å². The molecule has 0 bridgehead atoms. The average molecular weight is 665 g/mol. The number of rotatable bonds is 12. The number of benzene rings is 3. The van der Waals surface area contributed by atoms with Crippen LogP contribution in [0, 0.1) is 0 Å². The van der Waals surface area contributed by atoms with Crippen molar-refractivity contribution in [3.63, 3.8) is 0 Å². The normalized spacial score (nSPS) is 17.4. The van der Waals surface area contributed by atoms with Gasteiger partial charge in [-0.1, -0.05) is 54.6 Å². The minimum Gasteiger partial charge on any atom is -0.497 e. The molecule has 1 aliphatic rings. The fraction of sp³-hybridized carbons (Fsp3) is 0.353. The number of hydrogen-bond acceptors (Lipinski definition) is 5. The summed E-state index contributed by atoms with van der Waals surface area (Å²) >= 11 is 0. The Bertz CT molecular complexity index is 1590. The van der Waals surface area contributed by atoms with E-state index in [2.05, 4.69) is 5.32 Å². The highest BCUT2D eigenvalue weighted by Crippen LogP contribution is 2.51. The van der Waals surface area contributed by atoms with Gasteiger partial charge in [0.15, 0.2) is 0 Å². The summed E-state index contributed by atoms with van der Waals surface area (Å²) in [5.74, 6) is 0.178. The third kappa shape index (κ3) is 7.09. The van der Waals surface area contributed by atoms with Crippen molar-refractivity contribution < 1.29 is 50.5 Å². The second-order valence-corrected chi connectivity index (χ2v) is 11.2. The highest BCUT2D eigenvalue weighted by atomic mass is 19.4. The van der Waals surface area contributed by atoms with Crippen LogP contribution >= 0.6 is 0 Å². The second-order valence-electron chi connectivity index (χ2n) is 11.2. The monoisotopic (exact) mass is 664 g/mol. The number of urea groups is 1. The van der Waals surface area contributed by atoms with Crippen molar-refractivity contribution >= 4 is 18.0 Å². The number of carbonyl (C=O) groups excluding carboxylic acids is 2. The van der Waals surface area contributed by atoms with Crippen molar-refractivity contribution in [3.8, 4) is 11.5 Å². The molecule has 4 rings (SSSR count). The van der Waals surface area contributed by atoms with Gasteiger partial charge in [0.1, 0.15) is 17.0 Å². The topological polar surface area (TPSA) is 88.1 Å². The SMILES string of the molecule is C/C=C/c1cc(C(O)(C(F)(F)F)C(F)(F)F)cc(Cc2ccccc2)c1OCCCCN1C(=O)NC(C)(c2ccc(OC)cc2)C1=O. The number of imide groups is 1. The molecule has 1 saturated heterocycles. The number of methoxy groups -OCH3 is 1. The summed E-state index contributed by atoms with van der Waals surface area (Å²) in [6, 6.07) is 15.8. The standard InChI is InChI=1S/C34H34F6N2O5/c1-4-10-23-20-26(32(45,33(35,36)37)34(38,39)40)21-24(19-22-11-6-5-7-12-22)28(23)47-18-9-8-17-42-29(43)31(2,41-30(42)44)25-13-15-27(46-3)16-14-25/h4-7,10-16,20-21,45H,8-9,17-19H2,1-3H3,(H,41,44)/b10-4+. The van der Waals surface area contributed by atoms with Crippen molar-refractivity contribution in [2.75, 3.05) is 20.3 Å². The highest BCUT2D eigenvalue weighted by molar-refractivity contribution is 6.07. The summed E-state index contributed by atoms with van der Waals surface area (Å²) in [5, 5.41) is 12.9. The van der Waals surface area contributed by atoms with Gasteiger partial charge in [-0.2, -0.15) is 26.3 Å². The molecule has 1 unspecified atom stereocenters. The van der Waals surface area contributed by atoms with Gasteiger partial charge in [-0.05, 0) is 67.6 Å². The van der Waals surface area contributed by atoms with Crippen LogP contribution in [-0.4, -0.2) is 54.6 Å². The van der Waals surface area contributed by atoms with Crippen LogP contribution in [0.15, 0.2) is 72.8 Å². The lowest BCUT2D eigenvalue weighted by Crippen LogP contribution is -2.54. The molecule has 0 radical (unpaired) electrons. The van der Waals surface area contributed by atoms with Crippen molar-refractivity contribution in [3.05, 3.63) is 101 Å². The zero-order chi connectivity index (χ0) is 34.6. The van der Waals surface area contributed by atoms with Crippen LogP contribution in [0.4, 0.5) is 31.1 Å². The molecule has 1 atom stereocenters. The number of hydrogen-bond donors (Lipinski definition) is 2. The molecule has 13 heteroatoms. The number of amides is 3. The van der Waals surface area contributed by atoms with Crippen LogP contribution < -0.4 is 14.8 Å². The van der Waals surface area contributed by atoms with E-state index in [0.717, 1.165) is 4.90 Å². The minimum atomic E-state index is -6.06. The smallest absolute Gasteiger partial charge is 0.430 e. The first-order valence-corrected chi connectivity index (χ1v) is 14.7. The molecule has 252 valence electrons. The molecule has 2 N–H and O–H groups in total. The Labute approximate surface area is 267 Å². The van der Waals surface area contributed by atoms with Gasteiger partial charge in [0.2, 0.25) is 0 Å². The Morgan fingerprint density at radius 3 is 2.15 bits per heavy atom. The number of alkyl halides is 6. The lowest BCUT2D eigenvalue weighted by Gasteiger charge is -2.33. The fourth-order valence-electron chi connectivity index (χ4n) is 5.40. The Balaban J connectivity index is 1.55. The maximum Gasteiger partial charge on any atom is 0.430 e. The third-order valence-corrected chi connectivity index (χ3v) is 7.98. The van der Waals surface area contributed by atoms with E-state index in [9.17, 15) is 41.0 Å². The van der Waals surface area contributed by atoms with Gasteiger partial charge in [0.25, 0.3) is 11.5 Å². The maximum absolute atomic E-state index is 13.8. The zero-order valence-electron chi connectivity index (χ0n) is 25.8. The van der Waals surface area contributed by atoms with Gasteiger partial charge in [0.05, 0.1) is 13.7 Å². The van der Waals surface area contributed by atoms with Crippen LogP contribution in [-0.2, 0) is 22.4 Å². The summed E-state index contributed by atoms with van der Waals surface area (Å²) in [5.41, 5.74) is -6.74. The number of nitrogens with one attached hydrogen (secondary N) is 1. The van der Waals surface area contributed by atoms with Crippen molar-refractivity contribution in [2.24, 2.45) is 0 Å². The number of allylic oxidation sites excluding steroid dienone is 1. The van der Waals surface area contributed by atoms with Crippen LogP contribution in [0.3, 0.4) is 0 Å². The van der Waals surface area contributed by atoms with E-state index in [1.54, 1.807) is 61.5 Å². The quantitative estimate of drug-likeness (QED) is 0.121. The van der Waals surface area contributed by atoms with E-state index < -0.39 is 41.0 Å². The summed E-state index contributed by atoms with van der Waals surface area (Å²) in [4.78, 5) is 27.1. The molecule has 0 aromatic heterocycles. The molecular weight excluding hydrogens is 630 g/mol. The molecule has 7 nitrogen and oxygen atoms in total. The molecule has 47 heavy (non-hydrogen) atoms. The number of nitrogens with zero attached hydrogens (tertiary/aromatic N) is 1. The van der Waals surface area contributed by atoms with Gasteiger partial charge in [-0.25, -0.2) is 4.79 Å². The van der Waals surface area contributed by atoms with Crippen LogP contribution in [0.2, 0.25) is 0 Å². The van der Waals surface area contributed by atoms with E-state index >= 15 is 0 Å². The van der Waals surface area contributed by atoms with Gasteiger partial charge in [-0.15, -0.1) is 0 Å². The lowest BCUT2D eigenvalue weighted by molar-refractivity contribution is -0.376.